The summed E-state index contributed by atoms with van der Waals surface area (Å²) in [5, 5.41) is 6.51. The SMILES string of the molecule is CCCCCCCCCCCC/C=C/CCCCCC1NC=C[N+]1(CC)CCNC(C)=O. The summed E-state index contributed by atoms with van der Waals surface area (Å²) in [4.78, 5) is 11.2. The number of unbranched alkanes of at least 4 members (excludes halogenated alkanes) is 13. The van der Waals surface area contributed by atoms with Crippen LogP contribution in [0.25, 0.3) is 0 Å². The Bertz CT molecular complexity index is 517. The van der Waals surface area contributed by atoms with Crippen molar-refractivity contribution < 1.29 is 9.28 Å². The molecule has 1 aliphatic rings. The van der Waals surface area contributed by atoms with Crippen molar-refractivity contribution in [1.29, 1.82) is 0 Å². The lowest BCUT2D eigenvalue weighted by Gasteiger charge is -2.37. The second kappa shape index (κ2) is 19.2. The second-order valence-electron chi connectivity index (χ2n) is 9.70. The van der Waals surface area contributed by atoms with E-state index in [-0.39, 0.29) is 5.91 Å². The number of allylic oxidation sites excluding steroid dienone is 2. The van der Waals surface area contributed by atoms with Crippen LogP contribution in [0.2, 0.25) is 0 Å². The molecule has 0 spiro atoms. The van der Waals surface area contributed by atoms with Crippen molar-refractivity contribution >= 4 is 5.91 Å². The van der Waals surface area contributed by atoms with E-state index in [1.807, 2.05) is 0 Å². The van der Waals surface area contributed by atoms with E-state index in [0.29, 0.717) is 6.17 Å². The Kier molecular flexibility index (Phi) is 17.2. The minimum absolute atomic E-state index is 0.0631. The fourth-order valence-corrected chi connectivity index (χ4v) is 4.81. The van der Waals surface area contributed by atoms with Crippen molar-refractivity contribution in [3.8, 4) is 0 Å². The molecule has 1 heterocycles. The highest BCUT2D eigenvalue weighted by molar-refractivity contribution is 5.72. The van der Waals surface area contributed by atoms with E-state index < -0.39 is 0 Å². The third-order valence-corrected chi connectivity index (χ3v) is 7.01. The van der Waals surface area contributed by atoms with Crippen molar-refractivity contribution in [2.45, 2.75) is 130 Å². The monoisotopic (exact) mass is 448 g/mol. The predicted octanol–water partition coefficient (Wildman–Crippen LogP) is 7.18. The highest BCUT2D eigenvalue weighted by Crippen LogP contribution is 2.22. The summed E-state index contributed by atoms with van der Waals surface area (Å²) in [5.41, 5.74) is 0. The molecule has 2 N–H and O–H groups in total. The van der Waals surface area contributed by atoms with E-state index in [1.165, 1.54) is 103 Å². The molecule has 1 aliphatic heterocycles. The van der Waals surface area contributed by atoms with Gasteiger partial charge in [-0.15, -0.1) is 0 Å². The second-order valence-corrected chi connectivity index (χ2v) is 9.70. The van der Waals surface area contributed by atoms with Crippen LogP contribution in [0.3, 0.4) is 0 Å². The molecule has 4 heteroatoms. The number of hydrogen-bond donors (Lipinski definition) is 2. The number of hydrogen-bond acceptors (Lipinski definition) is 2. The number of quaternary nitrogens is 1. The van der Waals surface area contributed by atoms with Crippen molar-refractivity contribution in [2.75, 3.05) is 19.6 Å². The summed E-state index contributed by atoms with van der Waals surface area (Å²) >= 11 is 0. The average Bonchev–Trinajstić information content (AvgIpc) is 3.18. The summed E-state index contributed by atoms with van der Waals surface area (Å²) in [6.45, 7) is 8.91. The topological polar surface area (TPSA) is 41.1 Å². The van der Waals surface area contributed by atoms with Crippen LogP contribution in [-0.4, -0.2) is 36.2 Å². The molecule has 0 aromatic heterocycles. The molecule has 0 fully saturated rings. The molecule has 186 valence electrons. The smallest absolute Gasteiger partial charge is 0.217 e. The molecule has 1 rings (SSSR count). The molecule has 0 radical (unpaired) electrons. The lowest BCUT2D eigenvalue weighted by molar-refractivity contribution is -0.898. The first-order valence-electron chi connectivity index (χ1n) is 13.8. The van der Waals surface area contributed by atoms with E-state index >= 15 is 0 Å². The standard InChI is InChI=1S/C28H53N3O/c1-4-6-7-8-9-10-11-12-13-14-15-16-17-18-19-20-21-22-28-30-24-26-31(28,5-2)25-23-29-27(3)32/h16-17,24,26,28,30H,4-15,18-23,25H2,1-3H3/p+1/b17-16+. The van der Waals surface area contributed by atoms with Crippen molar-refractivity contribution in [2.24, 2.45) is 0 Å². The van der Waals surface area contributed by atoms with Gasteiger partial charge in [0, 0.05) is 13.3 Å². The maximum absolute atomic E-state index is 11.2. The molecule has 0 bridgehead atoms. The molecule has 0 aromatic rings. The Hall–Kier alpha value is -1.29. The Morgan fingerprint density at radius 2 is 1.44 bits per heavy atom. The molecule has 4 nitrogen and oxygen atoms in total. The van der Waals surface area contributed by atoms with E-state index in [0.717, 1.165) is 24.1 Å². The van der Waals surface area contributed by atoms with Gasteiger partial charge in [-0.25, -0.2) is 0 Å². The zero-order valence-electron chi connectivity index (χ0n) is 21.7. The minimum atomic E-state index is 0.0631. The molecular weight excluding hydrogens is 394 g/mol. The lowest BCUT2D eigenvalue weighted by atomic mass is 10.1. The van der Waals surface area contributed by atoms with Gasteiger partial charge < -0.3 is 10.6 Å². The highest BCUT2D eigenvalue weighted by atomic mass is 16.1. The Labute approximate surface area is 199 Å². The normalized spacial score (nSPS) is 20.2. The Balaban J connectivity index is 1.97. The Morgan fingerprint density at radius 3 is 2.00 bits per heavy atom. The largest absolute Gasteiger partial charge is 0.351 e. The minimum Gasteiger partial charge on any atom is -0.351 e. The van der Waals surface area contributed by atoms with Crippen molar-refractivity contribution in [1.82, 2.24) is 10.6 Å². The van der Waals surface area contributed by atoms with Crippen LogP contribution in [-0.2, 0) is 4.79 Å². The van der Waals surface area contributed by atoms with Crippen LogP contribution in [0.4, 0.5) is 0 Å². The summed E-state index contributed by atoms with van der Waals surface area (Å²) in [6.07, 6.45) is 31.4. The van der Waals surface area contributed by atoms with Gasteiger partial charge in [-0.3, -0.25) is 9.28 Å². The van der Waals surface area contributed by atoms with Crippen LogP contribution in [0.5, 0.6) is 0 Å². The number of nitrogens with one attached hydrogen (secondary N) is 2. The van der Waals surface area contributed by atoms with Crippen LogP contribution >= 0.6 is 0 Å². The molecule has 0 saturated heterocycles. The summed E-state index contributed by atoms with van der Waals surface area (Å²) < 4.78 is 0.943. The predicted molar refractivity (Wildman–Crippen MR) is 139 cm³/mol. The fourth-order valence-electron chi connectivity index (χ4n) is 4.81. The van der Waals surface area contributed by atoms with Gasteiger partial charge in [0.05, 0.1) is 19.3 Å². The van der Waals surface area contributed by atoms with Crippen molar-refractivity contribution in [3.05, 3.63) is 24.6 Å². The van der Waals surface area contributed by atoms with Gasteiger partial charge in [-0.1, -0.05) is 83.3 Å². The fraction of sp³-hybridized carbons (Fsp3) is 0.821. The summed E-state index contributed by atoms with van der Waals surface area (Å²) in [5.74, 6) is 0.0631. The number of carbonyl (C=O) groups excluding carboxylic acids is 1. The number of likely N-dealkylation sites (N-methyl/N-ethyl adjacent to an activating group) is 1. The molecule has 2 unspecified atom stereocenters. The van der Waals surface area contributed by atoms with Gasteiger partial charge in [0.15, 0.2) is 6.17 Å². The van der Waals surface area contributed by atoms with Gasteiger partial charge in [-0.2, -0.15) is 0 Å². The maximum atomic E-state index is 11.2. The first kappa shape index (κ1) is 28.7. The Morgan fingerprint density at radius 1 is 0.875 bits per heavy atom. The number of rotatable bonds is 21. The zero-order valence-corrected chi connectivity index (χ0v) is 21.7. The maximum Gasteiger partial charge on any atom is 0.217 e. The molecule has 1 amide bonds. The molecule has 32 heavy (non-hydrogen) atoms. The first-order valence-corrected chi connectivity index (χ1v) is 13.8. The number of amides is 1. The summed E-state index contributed by atoms with van der Waals surface area (Å²) in [6, 6.07) is 0. The molecular formula is C28H54N3O+. The van der Waals surface area contributed by atoms with E-state index in [9.17, 15) is 4.79 Å². The number of nitrogens with zero attached hydrogens (tertiary/aromatic N) is 1. The van der Waals surface area contributed by atoms with Crippen LogP contribution in [0, 0.1) is 0 Å². The van der Waals surface area contributed by atoms with Gasteiger partial charge in [0.25, 0.3) is 0 Å². The van der Waals surface area contributed by atoms with Gasteiger partial charge in [-0.05, 0) is 39.0 Å². The van der Waals surface area contributed by atoms with E-state index in [2.05, 4.69) is 49.0 Å². The molecule has 2 atom stereocenters. The van der Waals surface area contributed by atoms with Crippen LogP contribution in [0.15, 0.2) is 24.6 Å². The average molecular weight is 449 g/mol. The van der Waals surface area contributed by atoms with E-state index in [4.69, 9.17) is 0 Å². The first-order chi connectivity index (χ1) is 15.6. The van der Waals surface area contributed by atoms with Crippen molar-refractivity contribution in [3.63, 3.8) is 0 Å². The van der Waals surface area contributed by atoms with Crippen LogP contribution in [0.1, 0.15) is 124 Å². The third kappa shape index (κ3) is 13.3. The van der Waals surface area contributed by atoms with Gasteiger partial charge in [0.1, 0.15) is 12.7 Å². The third-order valence-electron chi connectivity index (χ3n) is 7.01. The van der Waals surface area contributed by atoms with Gasteiger partial charge in [0.2, 0.25) is 5.91 Å². The number of carbonyl (C=O) groups is 1. The van der Waals surface area contributed by atoms with Gasteiger partial charge >= 0.3 is 0 Å². The zero-order chi connectivity index (χ0) is 23.3. The molecule has 0 saturated carbocycles. The molecule has 0 aromatic carbocycles. The van der Waals surface area contributed by atoms with E-state index in [1.54, 1.807) is 6.92 Å². The molecule has 0 aliphatic carbocycles. The summed E-state index contributed by atoms with van der Waals surface area (Å²) in [7, 11) is 0. The highest BCUT2D eigenvalue weighted by Gasteiger charge is 2.36. The van der Waals surface area contributed by atoms with Crippen LogP contribution < -0.4 is 10.6 Å². The lowest BCUT2D eigenvalue weighted by Crippen LogP contribution is -2.55. The quantitative estimate of drug-likeness (QED) is 0.111.